The number of benzene rings is 1. The van der Waals surface area contributed by atoms with Crippen molar-refractivity contribution >= 4 is 40.4 Å². The van der Waals surface area contributed by atoms with Gasteiger partial charge in [0.05, 0.1) is 6.04 Å². The molecule has 1 unspecified atom stereocenters. The van der Waals surface area contributed by atoms with Gasteiger partial charge in [0.2, 0.25) is 0 Å². The lowest BCUT2D eigenvalue weighted by molar-refractivity contribution is -0.136. The number of nitrogens with zero attached hydrogens (tertiary/aromatic N) is 2. The Morgan fingerprint density at radius 1 is 1.19 bits per heavy atom. The zero-order chi connectivity index (χ0) is 19.2. The fourth-order valence-electron chi connectivity index (χ4n) is 3.08. The van der Waals surface area contributed by atoms with Crippen LogP contribution >= 0.6 is 22.9 Å². The first-order valence-electron chi connectivity index (χ1n) is 8.82. The second-order valence-electron chi connectivity index (χ2n) is 6.59. The first kappa shape index (κ1) is 19.8. The highest BCUT2D eigenvalue weighted by molar-refractivity contribution is 7.08. The number of likely N-dealkylation sites (N-methyl/N-ethyl adjacent to an activating group) is 1. The van der Waals surface area contributed by atoms with E-state index in [0.717, 1.165) is 26.2 Å². The number of rotatable bonds is 5. The van der Waals surface area contributed by atoms with Crippen molar-refractivity contribution in [1.29, 1.82) is 0 Å². The molecule has 1 saturated heterocycles. The molecule has 2 aromatic rings. The Balaban J connectivity index is 1.59. The van der Waals surface area contributed by atoms with Crippen molar-refractivity contribution in [3.05, 3.63) is 51.7 Å². The molecule has 0 saturated carbocycles. The summed E-state index contributed by atoms with van der Waals surface area (Å²) in [5.74, 6) is -1.34. The van der Waals surface area contributed by atoms with Crippen LogP contribution in [0.5, 0.6) is 0 Å². The molecular weight excluding hydrogens is 384 g/mol. The monoisotopic (exact) mass is 406 g/mol. The predicted molar refractivity (Wildman–Crippen MR) is 109 cm³/mol. The highest BCUT2D eigenvalue weighted by Crippen LogP contribution is 2.23. The number of amides is 2. The van der Waals surface area contributed by atoms with Gasteiger partial charge in [0.25, 0.3) is 0 Å². The summed E-state index contributed by atoms with van der Waals surface area (Å²) >= 11 is 7.54. The highest BCUT2D eigenvalue weighted by atomic mass is 35.5. The molecule has 2 heterocycles. The Morgan fingerprint density at radius 2 is 1.96 bits per heavy atom. The molecule has 3 rings (SSSR count). The van der Waals surface area contributed by atoms with Crippen molar-refractivity contribution in [3.63, 3.8) is 0 Å². The highest BCUT2D eigenvalue weighted by Gasteiger charge is 2.25. The van der Waals surface area contributed by atoms with Crippen molar-refractivity contribution in [3.8, 4) is 0 Å². The number of anilines is 1. The van der Waals surface area contributed by atoms with E-state index in [1.807, 2.05) is 5.38 Å². The molecule has 144 valence electrons. The molecule has 1 aliphatic heterocycles. The van der Waals surface area contributed by atoms with Gasteiger partial charge in [0.15, 0.2) is 0 Å². The van der Waals surface area contributed by atoms with Crippen LogP contribution in [0.25, 0.3) is 0 Å². The van der Waals surface area contributed by atoms with Gasteiger partial charge in [-0.2, -0.15) is 11.3 Å². The second-order valence-corrected chi connectivity index (χ2v) is 7.80. The van der Waals surface area contributed by atoms with Crippen LogP contribution in [0.1, 0.15) is 11.6 Å². The number of carbonyl (C=O) groups excluding carboxylic acids is 2. The van der Waals surface area contributed by atoms with Gasteiger partial charge in [-0.1, -0.05) is 17.7 Å². The summed E-state index contributed by atoms with van der Waals surface area (Å²) in [6.07, 6.45) is 0. The lowest BCUT2D eigenvalue weighted by atomic mass is 10.1. The Bertz CT molecular complexity index is 776. The van der Waals surface area contributed by atoms with E-state index in [1.165, 1.54) is 5.56 Å². The Hall–Kier alpha value is -1.93. The van der Waals surface area contributed by atoms with Crippen molar-refractivity contribution < 1.29 is 9.59 Å². The molecular formula is C19H23ClN4O2S. The van der Waals surface area contributed by atoms with E-state index < -0.39 is 11.8 Å². The van der Waals surface area contributed by atoms with Gasteiger partial charge in [-0.15, -0.1) is 0 Å². The van der Waals surface area contributed by atoms with E-state index in [4.69, 9.17) is 11.6 Å². The summed E-state index contributed by atoms with van der Waals surface area (Å²) in [5.41, 5.74) is 1.66. The molecule has 1 fully saturated rings. The predicted octanol–water partition coefficient (Wildman–Crippen LogP) is 2.44. The number of nitrogens with one attached hydrogen (secondary N) is 2. The Kier molecular flexibility index (Phi) is 6.84. The third kappa shape index (κ3) is 5.52. The van der Waals surface area contributed by atoms with Crippen LogP contribution in [0, 0.1) is 0 Å². The molecule has 1 atom stereocenters. The number of piperazine rings is 1. The standard InChI is InChI=1S/C19H23ClN4O2S/c1-23-6-8-24(9-7-23)17(14-5-10-27-13-14)12-21-18(25)19(26)22-16-4-2-3-15(20)11-16/h2-5,10-11,13,17H,6-9,12H2,1H3,(H,21,25)(H,22,26). The number of carbonyl (C=O) groups is 2. The summed E-state index contributed by atoms with van der Waals surface area (Å²) in [6.45, 7) is 4.24. The quantitative estimate of drug-likeness (QED) is 0.748. The van der Waals surface area contributed by atoms with Crippen LogP contribution in [-0.2, 0) is 9.59 Å². The molecule has 0 radical (unpaired) electrons. The Morgan fingerprint density at radius 3 is 2.63 bits per heavy atom. The fraction of sp³-hybridized carbons (Fsp3) is 0.368. The number of hydrogen-bond donors (Lipinski definition) is 2. The minimum Gasteiger partial charge on any atom is -0.346 e. The zero-order valence-corrected chi connectivity index (χ0v) is 16.7. The second kappa shape index (κ2) is 9.32. The summed E-state index contributed by atoms with van der Waals surface area (Å²) in [7, 11) is 2.11. The first-order chi connectivity index (χ1) is 13.0. The van der Waals surface area contributed by atoms with E-state index in [1.54, 1.807) is 35.6 Å². The topological polar surface area (TPSA) is 64.7 Å². The van der Waals surface area contributed by atoms with Gasteiger partial charge in [0.1, 0.15) is 0 Å². The van der Waals surface area contributed by atoms with Crippen molar-refractivity contribution in [2.45, 2.75) is 6.04 Å². The van der Waals surface area contributed by atoms with Crippen LogP contribution in [0.15, 0.2) is 41.1 Å². The largest absolute Gasteiger partial charge is 0.346 e. The zero-order valence-electron chi connectivity index (χ0n) is 15.2. The van der Waals surface area contributed by atoms with Crippen LogP contribution in [0.4, 0.5) is 5.69 Å². The molecule has 8 heteroatoms. The van der Waals surface area contributed by atoms with Crippen molar-refractivity contribution in [2.24, 2.45) is 0 Å². The van der Waals surface area contributed by atoms with Crippen molar-refractivity contribution in [2.75, 3.05) is 45.1 Å². The molecule has 2 N–H and O–H groups in total. The van der Waals surface area contributed by atoms with Crippen LogP contribution < -0.4 is 10.6 Å². The molecule has 0 bridgehead atoms. The maximum absolute atomic E-state index is 12.3. The molecule has 6 nitrogen and oxygen atoms in total. The molecule has 1 aromatic heterocycles. The van der Waals surface area contributed by atoms with Gasteiger partial charge >= 0.3 is 11.8 Å². The molecule has 1 aliphatic rings. The summed E-state index contributed by atoms with van der Waals surface area (Å²) < 4.78 is 0. The molecule has 2 amide bonds. The van der Waals surface area contributed by atoms with E-state index in [9.17, 15) is 9.59 Å². The van der Waals surface area contributed by atoms with Crippen LogP contribution in [0.3, 0.4) is 0 Å². The number of halogens is 1. The third-order valence-electron chi connectivity index (χ3n) is 4.65. The molecule has 0 aliphatic carbocycles. The van der Waals surface area contributed by atoms with Gasteiger partial charge in [-0.05, 0) is 47.6 Å². The van der Waals surface area contributed by atoms with Gasteiger partial charge in [-0.3, -0.25) is 14.5 Å². The van der Waals surface area contributed by atoms with Crippen molar-refractivity contribution in [1.82, 2.24) is 15.1 Å². The van der Waals surface area contributed by atoms with Gasteiger partial charge < -0.3 is 15.5 Å². The summed E-state index contributed by atoms with van der Waals surface area (Å²) in [4.78, 5) is 29.1. The number of thiophene rings is 1. The van der Waals surface area contributed by atoms with Gasteiger partial charge in [0, 0.05) is 43.4 Å². The lowest BCUT2D eigenvalue weighted by Gasteiger charge is -2.37. The smallest absolute Gasteiger partial charge is 0.313 e. The minimum atomic E-state index is -0.695. The van der Waals surface area contributed by atoms with Crippen LogP contribution in [0.2, 0.25) is 5.02 Å². The summed E-state index contributed by atoms with van der Waals surface area (Å²) in [6, 6.07) is 8.86. The average molecular weight is 407 g/mol. The summed E-state index contributed by atoms with van der Waals surface area (Å²) in [5, 5.41) is 9.99. The lowest BCUT2D eigenvalue weighted by Crippen LogP contribution is -2.49. The van der Waals surface area contributed by atoms with Gasteiger partial charge in [-0.25, -0.2) is 0 Å². The van der Waals surface area contributed by atoms with E-state index in [0.29, 0.717) is 17.3 Å². The maximum Gasteiger partial charge on any atom is 0.313 e. The fourth-order valence-corrected chi connectivity index (χ4v) is 3.98. The maximum atomic E-state index is 12.3. The molecule has 1 aromatic carbocycles. The average Bonchev–Trinajstić information content (AvgIpc) is 3.17. The Labute approximate surface area is 168 Å². The van der Waals surface area contributed by atoms with E-state index in [2.05, 4.69) is 38.9 Å². The normalized spacial score (nSPS) is 16.7. The molecule has 0 spiro atoms. The third-order valence-corrected chi connectivity index (χ3v) is 5.59. The SMILES string of the molecule is CN1CCN(C(CNC(=O)C(=O)Nc2cccc(Cl)c2)c2ccsc2)CC1. The number of hydrogen-bond acceptors (Lipinski definition) is 5. The van der Waals surface area contributed by atoms with E-state index in [-0.39, 0.29) is 6.04 Å². The molecule has 27 heavy (non-hydrogen) atoms. The minimum absolute atomic E-state index is 0.0628. The van der Waals surface area contributed by atoms with E-state index >= 15 is 0 Å². The van der Waals surface area contributed by atoms with Crippen LogP contribution in [-0.4, -0.2) is 61.4 Å². The first-order valence-corrected chi connectivity index (χ1v) is 10.1.